The fourth-order valence-corrected chi connectivity index (χ4v) is 6.66. The van der Waals surface area contributed by atoms with E-state index in [1.807, 2.05) is 17.0 Å². The number of benzene rings is 3. The summed E-state index contributed by atoms with van der Waals surface area (Å²) in [4.78, 5) is 48.2. The lowest BCUT2D eigenvalue weighted by atomic mass is 9.92. The molecule has 4 aromatic rings. The SMILES string of the molecule is Cc1ccc2[nH]c3c(c2c1)CN(C(=O)C[NH+]1CCc2ccccc2[C@H]1CN1C(=O)c2ccccc2C1=O)CC3. The molecule has 0 bridgehead atoms. The predicted octanol–water partition coefficient (Wildman–Crippen LogP) is 2.84. The van der Waals surface area contributed by atoms with Crippen molar-refractivity contribution in [2.45, 2.75) is 32.4 Å². The second kappa shape index (κ2) is 9.20. The van der Waals surface area contributed by atoms with E-state index < -0.39 is 0 Å². The van der Waals surface area contributed by atoms with Gasteiger partial charge in [0.2, 0.25) is 0 Å². The number of aromatic amines is 1. The zero-order valence-corrected chi connectivity index (χ0v) is 22.0. The minimum absolute atomic E-state index is 0.115. The van der Waals surface area contributed by atoms with Gasteiger partial charge in [-0.05, 0) is 36.8 Å². The molecule has 2 N–H and O–H groups in total. The van der Waals surface area contributed by atoms with Crippen molar-refractivity contribution in [2.24, 2.45) is 0 Å². The van der Waals surface area contributed by atoms with Crippen molar-refractivity contribution < 1.29 is 19.3 Å². The van der Waals surface area contributed by atoms with Crippen LogP contribution in [0.1, 0.15) is 54.7 Å². The van der Waals surface area contributed by atoms with Gasteiger partial charge < -0.3 is 14.8 Å². The summed E-state index contributed by atoms with van der Waals surface area (Å²) >= 11 is 0. The van der Waals surface area contributed by atoms with Crippen molar-refractivity contribution in [3.05, 3.63) is 106 Å². The third-order valence-corrected chi connectivity index (χ3v) is 8.74. The van der Waals surface area contributed by atoms with Crippen molar-refractivity contribution in [1.82, 2.24) is 14.8 Å². The number of hydrogen-bond acceptors (Lipinski definition) is 3. The Balaban J connectivity index is 1.14. The van der Waals surface area contributed by atoms with Crippen molar-refractivity contribution >= 4 is 28.6 Å². The number of H-pyrrole nitrogens is 1. The second-order valence-corrected chi connectivity index (χ2v) is 11.0. The molecule has 3 aliphatic heterocycles. The van der Waals surface area contributed by atoms with Crippen LogP contribution in [-0.2, 0) is 24.2 Å². The highest BCUT2D eigenvalue weighted by atomic mass is 16.2. The first-order chi connectivity index (χ1) is 19.0. The van der Waals surface area contributed by atoms with Gasteiger partial charge in [-0.2, -0.15) is 0 Å². The highest BCUT2D eigenvalue weighted by Crippen LogP contribution is 2.29. The van der Waals surface area contributed by atoms with E-state index in [0.29, 0.717) is 30.8 Å². The lowest BCUT2D eigenvalue weighted by Crippen LogP contribution is -3.15. The van der Waals surface area contributed by atoms with Crippen LogP contribution in [0.4, 0.5) is 0 Å². The van der Waals surface area contributed by atoms with Crippen molar-refractivity contribution in [3.8, 4) is 0 Å². The zero-order valence-electron chi connectivity index (χ0n) is 22.0. The van der Waals surface area contributed by atoms with E-state index in [4.69, 9.17) is 0 Å². The Labute approximate surface area is 227 Å². The molecule has 2 atom stereocenters. The van der Waals surface area contributed by atoms with E-state index in [2.05, 4.69) is 42.2 Å². The molecule has 7 rings (SSSR count). The molecule has 0 radical (unpaired) electrons. The van der Waals surface area contributed by atoms with Crippen LogP contribution in [0.5, 0.6) is 0 Å². The van der Waals surface area contributed by atoms with Crippen LogP contribution in [0, 0.1) is 6.92 Å². The quantitative estimate of drug-likeness (QED) is 0.407. The standard InChI is InChI=1S/C32H30N4O3/c1-20-10-11-27-25(16-20)26-17-35(15-13-28(26)33-27)30(37)19-34-14-12-21-6-2-3-7-22(21)29(34)18-36-31(38)23-8-4-5-9-24(23)32(36)39/h2-11,16,29,33H,12-15,17-19H2,1H3/p+1/t29-/m1/s1. The molecular formula is C32H31N4O3+. The maximum Gasteiger partial charge on any atom is 0.278 e. The van der Waals surface area contributed by atoms with Gasteiger partial charge in [-0.15, -0.1) is 0 Å². The van der Waals surface area contributed by atoms with Crippen molar-refractivity contribution in [3.63, 3.8) is 0 Å². The van der Waals surface area contributed by atoms with Crippen molar-refractivity contribution in [1.29, 1.82) is 0 Å². The summed E-state index contributed by atoms with van der Waals surface area (Å²) < 4.78 is 0. The van der Waals surface area contributed by atoms with Crippen LogP contribution in [0.3, 0.4) is 0 Å². The molecule has 4 heterocycles. The molecule has 0 saturated carbocycles. The molecule has 39 heavy (non-hydrogen) atoms. The molecule has 3 aliphatic rings. The number of imide groups is 1. The largest absolute Gasteiger partial charge is 0.358 e. The number of carbonyl (C=O) groups excluding carboxylic acids is 3. The molecule has 0 aliphatic carbocycles. The smallest absolute Gasteiger partial charge is 0.278 e. The van der Waals surface area contributed by atoms with E-state index in [1.165, 1.54) is 32.7 Å². The Bertz CT molecular complexity index is 1620. The van der Waals surface area contributed by atoms with E-state index in [-0.39, 0.29) is 30.3 Å². The summed E-state index contributed by atoms with van der Waals surface area (Å²) in [7, 11) is 0. The molecule has 7 heteroatoms. The molecule has 1 unspecified atom stereocenters. The number of rotatable bonds is 4. The molecule has 3 amide bonds. The lowest BCUT2D eigenvalue weighted by molar-refractivity contribution is -0.925. The monoisotopic (exact) mass is 519 g/mol. The average Bonchev–Trinajstić information content (AvgIpc) is 3.43. The summed E-state index contributed by atoms with van der Waals surface area (Å²) in [6.45, 7) is 4.75. The van der Waals surface area contributed by atoms with Gasteiger partial charge >= 0.3 is 0 Å². The van der Waals surface area contributed by atoms with Gasteiger partial charge in [-0.25, -0.2) is 0 Å². The minimum atomic E-state index is -0.248. The molecular weight excluding hydrogens is 488 g/mol. The van der Waals surface area contributed by atoms with Crippen molar-refractivity contribution in [2.75, 3.05) is 26.2 Å². The summed E-state index contributed by atoms with van der Waals surface area (Å²) in [5.74, 6) is -0.380. The van der Waals surface area contributed by atoms with Crippen LogP contribution in [-0.4, -0.2) is 58.7 Å². The number of amides is 3. The summed E-state index contributed by atoms with van der Waals surface area (Å²) in [5, 5.41) is 1.20. The highest BCUT2D eigenvalue weighted by molar-refractivity contribution is 6.21. The summed E-state index contributed by atoms with van der Waals surface area (Å²) in [6, 6.07) is 21.5. The Morgan fingerprint density at radius 3 is 2.51 bits per heavy atom. The van der Waals surface area contributed by atoms with Crippen LogP contribution in [0.15, 0.2) is 66.7 Å². The third kappa shape index (κ3) is 3.96. The molecule has 0 fully saturated rings. The molecule has 196 valence electrons. The van der Waals surface area contributed by atoms with E-state index in [1.54, 1.807) is 24.3 Å². The number of nitrogens with zero attached hydrogens (tertiary/aromatic N) is 2. The number of quaternary nitrogens is 1. The maximum absolute atomic E-state index is 13.8. The Morgan fingerprint density at radius 1 is 0.974 bits per heavy atom. The fraction of sp³-hybridized carbons (Fsp3) is 0.281. The number of carbonyl (C=O) groups is 3. The van der Waals surface area contributed by atoms with Crippen LogP contribution in [0.25, 0.3) is 10.9 Å². The van der Waals surface area contributed by atoms with Gasteiger partial charge in [-0.1, -0.05) is 48.0 Å². The van der Waals surface area contributed by atoms with E-state index in [0.717, 1.165) is 35.4 Å². The van der Waals surface area contributed by atoms with E-state index in [9.17, 15) is 14.4 Å². The molecule has 7 nitrogen and oxygen atoms in total. The van der Waals surface area contributed by atoms with Crippen LogP contribution >= 0.6 is 0 Å². The van der Waals surface area contributed by atoms with Gasteiger partial charge in [0.05, 0.1) is 24.2 Å². The van der Waals surface area contributed by atoms with Gasteiger partial charge in [0, 0.05) is 53.7 Å². The van der Waals surface area contributed by atoms with Gasteiger partial charge in [0.25, 0.3) is 17.7 Å². The van der Waals surface area contributed by atoms with Gasteiger partial charge in [0.1, 0.15) is 6.04 Å². The number of hydrogen-bond donors (Lipinski definition) is 2. The Kier molecular flexibility index (Phi) is 5.63. The molecule has 0 spiro atoms. The minimum Gasteiger partial charge on any atom is -0.358 e. The Morgan fingerprint density at radius 2 is 1.72 bits per heavy atom. The predicted molar refractivity (Wildman–Crippen MR) is 148 cm³/mol. The molecule has 1 aromatic heterocycles. The normalized spacial score (nSPS) is 20.2. The molecule has 0 saturated heterocycles. The summed E-state index contributed by atoms with van der Waals surface area (Å²) in [6.07, 6.45) is 1.68. The third-order valence-electron chi connectivity index (χ3n) is 8.74. The lowest BCUT2D eigenvalue weighted by Gasteiger charge is -2.37. The van der Waals surface area contributed by atoms with Gasteiger partial charge in [-0.3, -0.25) is 19.3 Å². The first-order valence-electron chi connectivity index (χ1n) is 13.7. The van der Waals surface area contributed by atoms with Crippen LogP contribution < -0.4 is 4.90 Å². The second-order valence-electron chi connectivity index (χ2n) is 11.0. The van der Waals surface area contributed by atoms with E-state index >= 15 is 0 Å². The topological polar surface area (TPSA) is 77.9 Å². The number of nitrogens with one attached hydrogen (secondary N) is 2. The first-order valence-corrected chi connectivity index (χ1v) is 13.7. The number of fused-ring (bicyclic) bond motifs is 5. The van der Waals surface area contributed by atoms with Crippen LogP contribution in [0.2, 0.25) is 0 Å². The summed E-state index contributed by atoms with van der Waals surface area (Å²) in [5.41, 5.74) is 8.05. The number of aromatic nitrogens is 1. The first kappa shape index (κ1) is 23.9. The van der Waals surface area contributed by atoms with Gasteiger partial charge in [0.15, 0.2) is 6.54 Å². The molecule has 3 aromatic carbocycles. The average molecular weight is 520 g/mol. The number of aryl methyl sites for hydroxylation is 1. The maximum atomic E-state index is 13.8. The Hall–Kier alpha value is -4.23. The zero-order chi connectivity index (χ0) is 26.7. The fourth-order valence-electron chi connectivity index (χ4n) is 6.66. The highest BCUT2D eigenvalue weighted by Gasteiger charge is 2.41.